The smallest absolute Gasteiger partial charge is 0.307 e. The van der Waals surface area contributed by atoms with E-state index in [2.05, 4.69) is 0 Å². The lowest BCUT2D eigenvalue weighted by Crippen LogP contribution is -2.33. The van der Waals surface area contributed by atoms with Gasteiger partial charge in [-0.2, -0.15) is 0 Å². The van der Waals surface area contributed by atoms with Crippen molar-refractivity contribution in [1.82, 2.24) is 0 Å². The summed E-state index contributed by atoms with van der Waals surface area (Å²) in [7, 11) is -3.33. The molecule has 5 heteroatoms. The van der Waals surface area contributed by atoms with Gasteiger partial charge < -0.3 is 5.11 Å². The molecular weight excluding hydrogens is 288 g/mol. The lowest BCUT2D eigenvalue weighted by molar-refractivity contribution is -0.140. The zero-order chi connectivity index (χ0) is 15.3. The van der Waals surface area contributed by atoms with Crippen molar-refractivity contribution in [2.75, 3.05) is 5.75 Å². The molecule has 4 nitrogen and oxygen atoms in total. The van der Waals surface area contributed by atoms with Gasteiger partial charge in [0.15, 0.2) is 9.84 Å². The normalized spacial score (nSPS) is 18.3. The number of hydrogen-bond acceptors (Lipinski definition) is 3. The maximum Gasteiger partial charge on any atom is 0.307 e. The second kappa shape index (κ2) is 7.07. The molecule has 1 N–H and O–H groups in total. The van der Waals surface area contributed by atoms with E-state index < -0.39 is 21.7 Å². The molecular formula is C16H22O4S. The largest absolute Gasteiger partial charge is 0.481 e. The van der Waals surface area contributed by atoms with E-state index in [1.165, 1.54) is 0 Å². The summed E-state index contributed by atoms with van der Waals surface area (Å²) in [6.45, 7) is 0. The predicted octanol–water partition coefficient (Wildman–Crippen LogP) is 2.68. The summed E-state index contributed by atoms with van der Waals surface area (Å²) in [4.78, 5) is 11.4. The first-order chi connectivity index (χ1) is 9.99. The van der Waals surface area contributed by atoms with E-state index in [4.69, 9.17) is 0 Å². The molecule has 0 saturated heterocycles. The average Bonchev–Trinajstić information content (AvgIpc) is 2.48. The lowest BCUT2D eigenvalue weighted by Gasteiger charge is -2.23. The average molecular weight is 310 g/mol. The van der Waals surface area contributed by atoms with E-state index in [0.29, 0.717) is 12.8 Å². The van der Waals surface area contributed by atoms with Crippen LogP contribution in [0.2, 0.25) is 0 Å². The Hall–Kier alpha value is -1.36. The fourth-order valence-electron chi connectivity index (χ4n) is 2.96. The SMILES string of the molecule is O=C(O)[C@H](Cc1ccccc1)CS(=O)(=O)C1CCCCC1. The molecule has 2 rings (SSSR count). The van der Waals surface area contributed by atoms with Crippen LogP contribution in [0.4, 0.5) is 0 Å². The summed E-state index contributed by atoms with van der Waals surface area (Å²) in [5, 5.41) is 8.99. The Balaban J connectivity index is 2.07. The van der Waals surface area contributed by atoms with Crippen LogP contribution in [0.15, 0.2) is 30.3 Å². The molecule has 21 heavy (non-hydrogen) atoms. The van der Waals surface area contributed by atoms with Gasteiger partial charge >= 0.3 is 5.97 Å². The van der Waals surface area contributed by atoms with Crippen LogP contribution in [0, 0.1) is 5.92 Å². The number of hydrogen-bond donors (Lipinski definition) is 1. The number of carboxylic acids is 1. The van der Waals surface area contributed by atoms with Gasteiger partial charge in [-0.05, 0) is 24.8 Å². The van der Waals surface area contributed by atoms with Crippen LogP contribution < -0.4 is 0 Å². The zero-order valence-corrected chi connectivity index (χ0v) is 12.9. The quantitative estimate of drug-likeness (QED) is 0.877. The number of aliphatic carboxylic acids is 1. The summed E-state index contributed by atoms with van der Waals surface area (Å²) < 4.78 is 24.9. The monoisotopic (exact) mass is 310 g/mol. The fraction of sp³-hybridized carbons (Fsp3) is 0.562. The van der Waals surface area contributed by atoms with Gasteiger partial charge in [-0.25, -0.2) is 8.42 Å². The Bertz CT molecular complexity index is 559. The Labute approximate surface area is 126 Å². The Kier molecular flexibility index (Phi) is 5.39. The van der Waals surface area contributed by atoms with Crippen LogP contribution in [0.25, 0.3) is 0 Å². The molecule has 0 heterocycles. The highest BCUT2D eigenvalue weighted by Crippen LogP contribution is 2.26. The van der Waals surface area contributed by atoms with Gasteiger partial charge in [-0.15, -0.1) is 0 Å². The Morgan fingerprint density at radius 1 is 1.14 bits per heavy atom. The molecule has 0 amide bonds. The van der Waals surface area contributed by atoms with E-state index >= 15 is 0 Å². The highest BCUT2D eigenvalue weighted by atomic mass is 32.2. The standard InChI is InChI=1S/C16H22O4S/c17-16(18)14(11-13-7-3-1-4-8-13)12-21(19,20)15-9-5-2-6-10-15/h1,3-4,7-8,14-15H,2,5-6,9-12H2,(H,17,18)/t14-/m1/s1. The first kappa shape index (κ1) is 16.0. The third kappa shape index (κ3) is 4.56. The second-order valence-electron chi connectivity index (χ2n) is 5.81. The van der Waals surface area contributed by atoms with Gasteiger partial charge in [0, 0.05) is 0 Å². The summed E-state index contributed by atoms with van der Waals surface area (Å²) in [6, 6.07) is 9.21. The number of sulfone groups is 1. The van der Waals surface area contributed by atoms with Gasteiger partial charge in [0.2, 0.25) is 0 Å². The number of carbonyl (C=O) groups is 1. The van der Waals surface area contributed by atoms with Gasteiger partial charge in [-0.3, -0.25) is 4.79 Å². The van der Waals surface area contributed by atoms with E-state index in [0.717, 1.165) is 24.8 Å². The van der Waals surface area contributed by atoms with Crippen LogP contribution in [-0.2, 0) is 21.1 Å². The predicted molar refractivity (Wildman–Crippen MR) is 81.9 cm³/mol. The van der Waals surface area contributed by atoms with Gasteiger partial charge in [-0.1, -0.05) is 49.6 Å². The molecule has 0 aliphatic heterocycles. The molecule has 116 valence electrons. The third-order valence-corrected chi connectivity index (χ3v) is 6.52. The number of rotatable bonds is 6. The molecule has 1 saturated carbocycles. The number of benzene rings is 1. The molecule has 1 aromatic rings. The van der Waals surface area contributed by atoms with Crippen molar-refractivity contribution in [2.45, 2.75) is 43.8 Å². The molecule has 0 unspecified atom stereocenters. The molecule has 0 bridgehead atoms. The highest BCUT2D eigenvalue weighted by molar-refractivity contribution is 7.92. The van der Waals surface area contributed by atoms with Crippen LogP contribution in [0.5, 0.6) is 0 Å². The minimum Gasteiger partial charge on any atom is -0.481 e. The van der Waals surface area contributed by atoms with Crippen molar-refractivity contribution < 1.29 is 18.3 Å². The van der Waals surface area contributed by atoms with Crippen LogP contribution >= 0.6 is 0 Å². The minimum absolute atomic E-state index is 0.248. The molecule has 1 atom stereocenters. The van der Waals surface area contributed by atoms with Gasteiger partial charge in [0.25, 0.3) is 0 Å². The molecule has 0 spiro atoms. The van der Waals surface area contributed by atoms with Gasteiger partial charge in [0.1, 0.15) is 0 Å². The summed E-state index contributed by atoms with van der Waals surface area (Å²) in [5.41, 5.74) is 0.865. The van der Waals surface area contributed by atoms with Crippen molar-refractivity contribution in [3.05, 3.63) is 35.9 Å². The number of carboxylic acid groups (broad SMARTS) is 1. The van der Waals surface area contributed by atoms with Crippen molar-refractivity contribution >= 4 is 15.8 Å². The second-order valence-corrected chi connectivity index (χ2v) is 8.14. The van der Waals surface area contributed by atoms with E-state index in [9.17, 15) is 18.3 Å². The Morgan fingerprint density at radius 2 is 1.76 bits per heavy atom. The molecule has 1 aliphatic rings. The fourth-order valence-corrected chi connectivity index (χ4v) is 5.10. The van der Waals surface area contributed by atoms with E-state index in [-0.39, 0.29) is 17.4 Å². The van der Waals surface area contributed by atoms with E-state index in [1.54, 1.807) is 0 Å². The maximum atomic E-state index is 12.4. The third-order valence-electron chi connectivity index (χ3n) is 4.17. The molecule has 0 aromatic heterocycles. The van der Waals surface area contributed by atoms with Crippen LogP contribution in [0.3, 0.4) is 0 Å². The first-order valence-electron chi connectivity index (χ1n) is 7.47. The molecule has 1 fully saturated rings. The van der Waals surface area contributed by atoms with Crippen molar-refractivity contribution in [3.63, 3.8) is 0 Å². The maximum absolute atomic E-state index is 12.4. The van der Waals surface area contributed by atoms with Crippen LogP contribution in [-0.4, -0.2) is 30.5 Å². The highest BCUT2D eigenvalue weighted by Gasteiger charge is 2.32. The van der Waals surface area contributed by atoms with Crippen molar-refractivity contribution in [3.8, 4) is 0 Å². The summed E-state index contributed by atoms with van der Waals surface area (Å²) in [5.74, 6) is -2.14. The minimum atomic E-state index is -3.33. The molecule has 0 radical (unpaired) electrons. The Morgan fingerprint density at radius 3 is 2.33 bits per heavy atom. The summed E-state index contributed by atoms with van der Waals surface area (Å²) >= 11 is 0. The van der Waals surface area contributed by atoms with Gasteiger partial charge in [0.05, 0.1) is 16.9 Å². The zero-order valence-electron chi connectivity index (χ0n) is 12.1. The first-order valence-corrected chi connectivity index (χ1v) is 9.19. The van der Waals surface area contributed by atoms with Crippen molar-refractivity contribution in [1.29, 1.82) is 0 Å². The topological polar surface area (TPSA) is 71.4 Å². The molecule has 1 aromatic carbocycles. The molecule has 1 aliphatic carbocycles. The van der Waals surface area contributed by atoms with Crippen LogP contribution in [0.1, 0.15) is 37.7 Å². The van der Waals surface area contributed by atoms with Crippen molar-refractivity contribution in [2.24, 2.45) is 5.92 Å². The van der Waals surface area contributed by atoms with E-state index in [1.807, 2.05) is 30.3 Å². The summed E-state index contributed by atoms with van der Waals surface area (Å²) in [6.07, 6.45) is 4.57. The lowest BCUT2D eigenvalue weighted by atomic mass is 10.0.